The molecule has 1 saturated heterocycles. The molecule has 1 aliphatic heterocycles. The van der Waals surface area contributed by atoms with Crippen molar-refractivity contribution in [3.05, 3.63) is 0 Å². The lowest BCUT2D eigenvalue weighted by Gasteiger charge is -2.38. The Morgan fingerprint density at radius 2 is 1.75 bits per heavy atom. The summed E-state index contributed by atoms with van der Waals surface area (Å²) in [5.74, 6) is -0.539. The number of ether oxygens (including phenoxy) is 1. The minimum atomic E-state index is -1.13. The standard InChI is InChI=1S/C7H14O5/c1-3-5(9)6(10)4(2-8)12-7(3)11/h3-11H,2H2,1H3/t3-,4-,5-,6-,7?/m1/s1. The van der Waals surface area contributed by atoms with Crippen molar-refractivity contribution < 1.29 is 25.2 Å². The van der Waals surface area contributed by atoms with E-state index in [1.54, 1.807) is 6.92 Å². The summed E-state index contributed by atoms with van der Waals surface area (Å²) in [4.78, 5) is 0. The van der Waals surface area contributed by atoms with Gasteiger partial charge >= 0.3 is 0 Å². The van der Waals surface area contributed by atoms with E-state index in [9.17, 15) is 10.2 Å². The lowest BCUT2D eigenvalue weighted by Crippen LogP contribution is -2.54. The van der Waals surface area contributed by atoms with Gasteiger partial charge in [0.2, 0.25) is 0 Å². The number of aliphatic hydroxyl groups is 4. The van der Waals surface area contributed by atoms with Crippen molar-refractivity contribution in [2.45, 2.75) is 31.5 Å². The van der Waals surface area contributed by atoms with E-state index in [1.165, 1.54) is 0 Å². The molecule has 5 atom stereocenters. The van der Waals surface area contributed by atoms with Crippen molar-refractivity contribution in [2.24, 2.45) is 5.92 Å². The summed E-state index contributed by atoms with van der Waals surface area (Å²) in [5.41, 5.74) is 0. The maximum absolute atomic E-state index is 9.32. The molecule has 1 rings (SSSR count). The summed E-state index contributed by atoms with van der Waals surface area (Å²) in [7, 11) is 0. The van der Waals surface area contributed by atoms with Gasteiger partial charge in [-0.05, 0) is 0 Å². The van der Waals surface area contributed by atoms with Gasteiger partial charge in [-0.25, -0.2) is 0 Å². The second-order valence-electron chi connectivity index (χ2n) is 3.09. The highest BCUT2D eigenvalue weighted by atomic mass is 16.6. The van der Waals surface area contributed by atoms with E-state index in [2.05, 4.69) is 0 Å². The van der Waals surface area contributed by atoms with Crippen LogP contribution in [0.15, 0.2) is 0 Å². The molecular weight excluding hydrogens is 164 g/mol. The van der Waals surface area contributed by atoms with Crippen molar-refractivity contribution in [1.29, 1.82) is 0 Å². The fourth-order valence-corrected chi connectivity index (χ4v) is 1.23. The molecule has 0 amide bonds. The van der Waals surface area contributed by atoms with Crippen molar-refractivity contribution in [3.8, 4) is 0 Å². The molecule has 5 heteroatoms. The molecule has 5 nitrogen and oxygen atoms in total. The van der Waals surface area contributed by atoms with E-state index in [-0.39, 0.29) is 0 Å². The molecule has 72 valence electrons. The predicted octanol–water partition coefficient (Wildman–Crippen LogP) is -1.95. The van der Waals surface area contributed by atoms with Crippen LogP contribution in [0.2, 0.25) is 0 Å². The van der Waals surface area contributed by atoms with Crippen LogP contribution in [0.1, 0.15) is 6.92 Å². The van der Waals surface area contributed by atoms with E-state index in [4.69, 9.17) is 14.9 Å². The molecule has 0 saturated carbocycles. The van der Waals surface area contributed by atoms with Crippen molar-refractivity contribution in [2.75, 3.05) is 6.61 Å². The molecule has 4 N–H and O–H groups in total. The molecule has 0 radical (unpaired) electrons. The van der Waals surface area contributed by atoms with Crippen LogP contribution in [0.3, 0.4) is 0 Å². The topological polar surface area (TPSA) is 90.2 Å². The summed E-state index contributed by atoms with van der Waals surface area (Å²) in [6.07, 6.45) is -4.20. The Hall–Kier alpha value is -0.200. The second kappa shape index (κ2) is 3.68. The first kappa shape index (κ1) is 9.88. The Morgan fingerprint density at radius 3 is 2.25 bits per heavy atom. The molecule has 1 heterocycles. The molecule has 0 aromatic rings. The number of rotatable bonds is 1. The minimum Gasteiger partial charge on any atom is -0.394 e. The van der Waals surface area contributed by atoms with Crippen LogP contribution >= 0.6 is 0 Å². The van der Waals surface area contributed by atoms with Crippen LogP contribution in [0.4, 0.5) is 0 Å². The first-order chi connectivity index (χ1) is 5.57. The molecular formula is C7H14O5. The van der Waals surface area contributed by atoms with E-state index < -0.39 is 37.1 Å². The van der Waals surface area contributed by atoms with Gasteiger partial charge in [-0.2, -0.15) is 0 Å². The first-order valence-corrected chi connectivity index (χ1v) is 3.88. The molecule has 0 aliphatic carbocycles. The Bertz CT molecular complexity index is 146. The molecule has 12 heavy (non-hydrogen) atoms. The Labute approximate surface area is 70.2 Å². The summed E-state index contributed by atoms with van der Waals surface area (Å²) in [6.45, 7) is 1.15. The van der Waals surface area contributed by atoms with Crippen molar-refractivity contribution in [1.82, 2.24) is 0 Å². The first-order valence-electron chi connectivity index (χ1n) is 3.88. The number of hydrogen-bond acceptors (Lipinski definition) is 5. The fraction of sp³-hybridized carbons (Fsp3) is 1.00. The molecule has 0 bridgehead atoms. The monoisotopic (exact) mass is 178 g/mol. The predicted molar refractivity (Wildman–Crippen MR) is 39.1 cm³/mol. The average molecular weight is 178 g/mol. The van der Waals surface area contributed by atoms with Crippen LogP contribution in [0, 0.1) is 5.92 Å². The summed E-state index contributed by atoms with van der Waals surface area (Å²) >= 11 is 0. The second-order valence-corrected chi connectivity index (χ2v) is 3.09. The molecule has 1 aliphatic rings. The summed E-state index contributed by atoms with van der Waals surface area (Å²) in [5, 5.41) is 36.4. The maximum atomic E-state index is 9.32. The zero-order chi connectivity index (χ0) is 9.30. The Morgan fingerprint density at radius 1 is 1.17 bits per heavy atom. The van der Waals surface area contributed by atoms with Gasteiger partial charge in [-0.15, -0.1) is 0 Å². The maximum Gasteiger partial charge on any atom is 0.160 e. The van der Waals surface area contributed by atoms with Crippen LogP contribution in [0.25, 0.3) is 0 Å². The highest BCUT2D eigenvalue weighted by Gasteiger charge is 2.40. The third kappa shape index (κ3) is 1.60. The van der Waals surface area contributed by atoms with Gasteiger partial charge in [0.15, 0.2) is 6.29 Å². The molecule has 0 aromatic carbocycles. The average Bonchev–Trinajstić information content (AvgIpc) is 2.08. The zero-order valence-electron chi connectivity index (χ0n) is 6.79. The summed E-state index contributed by atoms with van der Waals surface area (Å²) in [6, 6.07) is 0. The van der Waals surface area contributed by atoms with Crippen LogP contribution in [0.5, 0.6) is 0 Å². The molecule has 1 unspecified atom stereocenters. The lowest BCUT2D eigenvalue weighted by molar-refractivity contribution is -0.266. The van der Waals surface area contributed by atoms with Crippen molar-refractivity contribution in [3.63, 3.8) is 0 Å². The van der Waals surface area contributed by atoms with Crippen LogP contribution in [-0.4, -0.2) is 51.6 Å². The molecule has 0 spiro atoms. The van der Waals surface area contributed by atoms with Gasteiger partial charge < -0.3 is 25.2 Å². The molecule has 0 aromatic heterocycles. The van der Waals surface area contributed by atoms with Crippen LogP contribution < -0.4 is 0 Å². The quantitative estimate of drug-likeness (QED) is 0.375. The minimum absolute atomic E-state index is 0.415. The van der Waals surface area contributed by atoms with Gasteiger partial charge in [0.1, 0.15) is 12.2 Å². The zero-order valence-corrected chi connectivity index (χ0v) is 6.79. The molecule has 1 fully saturated rings. The van der Waals surface area contributed by atoms with E-state index >= 15 is 0 Å². The van der Waals surface area contributed by atoms with Gasteiger partial charge in [-0.1, -0.05) is 6.92 Å². The van der Waals surface area contributed by atoms with E-state index in [0.717, 1.165) is 0 Å². The number of aliphatic hydroxyl groups excluding tert-OH is 4. The van der Waals surface area contributed by atoms with Crippen molar-refractivity contribution >= 4 is 0 Å². The lowest BCUT2D eigenvalue weighted by atomic mass is 9.93. The van der Waals surface area contributed by atoms with Gasteiger partial charge in [0.25, 0.3) is 0 Å². The normalized spacial score (nSPS) is 49.2. The van der Waals surface area contributed by atoms with Gasteiger partial charge in [0, 0.05) is 5.92 Å². The third-order valence-electron chi connectivity index (χ3n) is 2.21. The van der Waals surface area contributed by atoms with E-state index in [0.29, 0.717) is 0 Å². The smallest absolute Gasteiger partial charge is 0.160 e. The third-order valence-corrected chi connectivity index (χ3v) is 2.21. The number of hydrogen-bond donors (Lipinski definition) is 4. The largest absolute Gasteiger partial charge is 0.394 e. The highest BCUT2D eigenvalue weighted by molar-refractivity contribution is 4.86. The Balaban J connectivity index is 2.63. The van der Waals surface area contributed by atoms with Gasteiger partial charge in [-0.3, -0.25) is 0 Å². The highest BCUT2D eigenvalue weighted by Crippen LogP contribution is 2.23. The van der Waals surface area contributed by atoms with Gasteiger partial charge in [0.05, 0.1) is 12.7 Å². The Kier molecular flexibility index (Phi) is 3.03. The SMILES string of the molecule is C[C@H]1C(O)O[C@H](CO)[C@@H](O)[C@@H]1O. The summed E-state index contributed by atoms with van der Waals surface area (Å²) < 4.78 is 4.83. The fourth-order valence-electron chi connectivity index (χ4n) is 1.23. The van der Waals surface area contributed by atoms with Crippen LogP contribution in [-0.2, 0) is 4.74 Å². The van der Waals surface area contributed by atoms with E-state index in [1.807, 2.05) is 0 Å².